The lowest BCUT2D eigenvalue weighted by molar-refractivity contribution is -0.274. The molecular weight excluding hydrogens is 744 g/mol. The van der Waals surface area contributed by atoms with Crippen molar-refractivity contribution in [2.45, 2.75) is 101 Å². The number of thiazole rings is 1. The largest absolute Gasteiger partial charge is 0.573 e. The quantitative estimate of drug-likeness (QED) is 0.163. The lowest BCUT2D eigenvalue weighted by Gasteiger charge is -2.18. The van der Waals surface area contributed by atoms with E-state index in [4.69, 9.17) is 28.2 Å². The zero-order valence-corrected chi connectivity index (χ0v) is 30.4. The molecule has 4 aliphatic rings. The van der Waals surface area contributed by atoms with Crippen LogP contribution in [-0.4, -0.2) is 79.3 Å². The van der Waals surface area contributed by atoms with Crippen LogP contribution in [0.5, 0.6) is 16.7 Å². The molecule has 2 saturated carbocycles. The predicted molar refractivity (Wildman–Crippen MR) is 182 cm³/mol. The third kappa shape index (κ3) is 7.30. The van der Waals surface area contributed by atoms with Crippen molar-refractivity contribution in [2.75, 3.05) is 13.2 Å². The van der Waals surface area contributed by atoms with Gasteiger partial charge in [0.2, 0.25) is 10.0 Å². The molecule has 53 heavy (non-hydrogen) atoms. The Kier molecular flexibility index (Phi) is 9.11. The molecule has 0 bridgehead atoms. The number of nitrogens with one attached hydrogen (secondary N) is 1. The molecule has 13 nitrogen and oxygen atoms in total. The summed E-state index contributed by atoms with van der Waals surface area (Å²) in [5.41, 5.74) is 1.45. The van der Waals surface area contributed by atoms with E-state index in [0.717, 1.165) is 12.8 Å². The summed E-state index contributed by atoms with van der Waals surface area (Å²) in [7, 11) is -3.86. The van der Waals surface area contributed by atoms with Crippen molar-refractivity contribution in [1.82, 2.24) is 14.9 Å². The van der Waals surface area contributed by atoms with Gasteiger partial charge in [0.25, 0.3) is 11.1 Å². The van der Waals surface area contributed by atoms with Crippen molar-refractivity contribution in [3.8, 4) is 28.0 Å². The van der Waals surface area contributed by atoms with E-state index in [9.17, 15) is 26.4 Å². The van der Waals surface area contributed by atoms with Crippen molar-refractivity contribution < 1.29 is 59.3 Å². The summed E-state index contributed by atoms with van der Waals surface area (Å²) >= 11 is 1.17. The maximum Gasteiger partial charge on any atom is 0.573 e. The molecular formula is C35H36F3N3O10S2. The normalized spacial score (nSPS) is 23.7. The first-order valence-corrected chi connectivity index (χ1v) is 19.5. The molecule has 4 fully saturated rings. The van der Waals surface area contributed by atoms with Gasteiger partial charge in [0.15, 0.2) is 6.10 Å². The standard InChI is InChI=1S/C35H36F3N3O10S2/c1-17(2)48-23-12-19(32(42)41-53(43,44)34(3)10-11-34)13-26-28(23)39-33(52-26)49-25-16-47-30-24(15-46-31(25)30)45-14-21-27(40-51-29(21)18-8-9-18)20-6-4-5-7-22(20)50-35(36,37)38/h4-7,12-13,17-18,24-25,30-31H,8-11,14-16H2,1-3H3,(H,41,42)/t24-,25-,30-,31-/m1/s1. The van der Waals surface area contributed by atoms with Crippen LogP contribution in [-0.2, 0) is 30.8 Å². The van der Waals surface area contributed by atoms with Crippen molar-refractivity contribution in [1.29, 1.82) is 0 Å². The molecule has 2 aliphatic heterocycles. The molecule has 1 N–H and O–H groups in total. The van der Waals surface area contributed by atoms with Crippen LogP contribution >= 0.6 is 11.3 Å². The van der Waals surface area contributed by atoms with Gasteiger partial charge in [-0.3, -0.25) is 4.79 Å². The predicted octanol–water partition coefficient (Wildman–Crippen LogP) is 6.26. The van der Waals surface area contributed by atoms with E-state index in [-0.39, 0.29) is 53.9 Å². The number of hydrogen-bond donors (Lipinski definition) is 1. The van der Waals surface area contributed by atoms with Crippen LogP contribution in [0.4, 0.5) is 13.2 Å². The summed E-state index contributed by atoms with van der Waals surface area (Å²) in [6, 6.07) is 8.79. The number of amides is 1. The van der Waals surface area contributed by atoms with Gasteiger partial charge >= 0.3 is 6.36 Å². The molecule has 1 amide bonds. The van der Waals surface area contributed by atoms with E-state index in [1.165, 1.54) is 35.6 Å². The first-order valence-electron chi connectivity index (χ1n) is 17.2. The second kappa shape index (κ2) is 13.4. The number of benzene rings is 2. The molecule has 18 heteroatoms. The Morgan fingerprint density at radius 3 is 2.49 bits per heavy atom. The smallest absolute Gasteiger partial charge is 0.489 e. The number of rotatable bonds is 13. The SMILES string of the molecule is CC(C)Oc1cc(C(=O)NS(=O)(=O)C2(C)CC2)cc2sc(O[C@@H]3CO[C@H]4[C@@H]3OC[C@H]4OCc3c(-c4ccccc4OC(F)(F)F)noc3C3CC3)nc12. The molecule has 4 atom stereocenters. The lowest BCUT2D eigenvalue weighted by atomic mass is 10.0. The van der Waals surface area contributed by atoms with E-state index in [1.54, 1.807) is 19.1 Å². The van der Waals surface area contributed by atoms with Crippen LogP contribution in [0.1, 0.15) is 74.1 Å². The van der Waals surface area contributed by atoms with Crippen LogP contribution in [0.2, 0.25) is 0 Å². The van der Waals surface area contributed by atoms with E-state index in [1.807, 2.05) is 13.8 Å². The average Bonchev–Trinajstić information content (AvgIpc) is 3.86. The van der Waals surface area contributed by atoms with E-state index in [0.29, 0.717) is 40.1 Å². The Hall–Kier alpha value is -3.97. The summed E-state index contributed by atoms with van der Waals surface area (Å²) in [4.78, 5) is 17.7. The fourth-order valence-corrected chi connectivity index (χ4v) is 8.63. The van der Waals surface area contributed by atoms with Crippen molar-refractivity contribution in [3.05, 3.63) is 53.3 Å². The number of alkyl halides is 3. The van der Waals surface area contributed by atoms with Crippen molar-refractivity contribution in [3.63, 3.8) is 0 Å². The van der Waals surface area contributed by atoms with E-state index in [2.05, 4.69) is 19.6 Å². The third-order valence-electron chi connectivity index (χ3n) is 9.69. The van der Waals surface area contributed by atoms with Gasteiger partial charge in [-0.2, -0.15) is 4.98 Å². The van der Waals surface area contributed by atoms with Crippen molar-refractivity contribution in [2.24, 2.45) is 0 Å². The van der Waals surface area contributed by atoms with Gasteiger partial charge < -0.3 is 32.9 Å². The van der Waals surface area contributed by atoms with Crippen LogP contribution in [0.3, 0.4) is 0 Å². The highest BCUT2D eigenvalue weighted by molar-refractivity contribution is 7.91. The summed E-state index contributed by atoms with van der Waals surface area (Å²) in [6.45, 7) is 5.58. The third-order valence-corrected chi connectivity index (χ3v) is 12.7. The number of carbonyl (C=O) groups excluding carboxylic acids is 1. The Balaban J connectivity index is 0.969. The molecule has 2 saturated heterocycles. The van der Waals surface area contributed by atoms with E-state index < -0.39 is 57.2 Å². The monoisotopic (exact) mass is 779 g/mol. The van der Waals surface area contributed by atoms with Crippen molar-refractivity contribution >= 4 is 37.5 Å². The summed E-state index contributed by atoms with van der Waals surface area (Å²) < 4.78 is 108. The number of aromatic nitrogens is 2. The molecule has 4 aromatic rings. The van der Waals surface area contributed by atoms with Gasteiger partial charge in [-0.1, -0.05) is 28.6 Å². The molecule has 8 rings (SSSR count). The lowest BCUT2D eigenvalue weighted by Crippen LogP contribution is -2.38. The molecule has 2 aromatic carbocycles. The first-order chi connectivity index (χ1) is 25.2. The fourth-order valence-electron chi connectivity index (χ4n) is 6.46. The van der Waals surface area contributed by atoms with Gasteiger partial charge in [0, 0.05) is 22.6 Å². The molecule has 0 unspecified atom stereocenters. The Labute approximate surface area is 306 Å². The first kappa shape index (κ1) is 36.0. The summed E-state index contributed by atoms with van der Waals surface area (Å²) in [6.07, 6.45) is -4.55. The van der Waals surface area contributed by atoms with Crippen LogP contribution in [0, 0.1) is 0 Å². The number of carbonyl (C=O) groups is 1. The van der Waals surface area contributed by atoms with Gasteiger partial charge in [0.05, 0.1) is 35.4 Å². The molecule has 4 heterocycles. The van der Waals surface area contributed by atoms with Gasteiger partial charge in [-0.15, -0.1) is 13.2 Å². The number of ether oxygens (including phenoxy) is 6. The van der Waals surface area contributed by atoms with Crippen LogP contribution in [0.25, 0.3) is 21.5 Å². The summed E-state index contributed by atoms with van der Waals surface area (Å²) in [5, 5.41) is 4.42. The molecule has 284 valence electrons. The molecule has 2 aliphatic carbocycles. The van der Waals surface area contributed by atoms with E-state index >= 15 is 0 Å². The maximum absolute atomic E-state index is 13.2. The number of sulfonamides is 1. The second-order valence-electron chi connectivity index (χ2n) is 14.1. The number of halogens is 3. The van der Waals surface area contributed by atoms with Gasteiger partial charge in [0.1, 0.15) is 46.8 Å². The highest BCUT2D eigenvalue weighted by Crippen LogP contribution is 2.46. The fraction of sp³-hybridized carbons (Fsp3) is 0.514. The highest BCUT2D eigenvalue weighted by Gasteiger charge is 2.52. The average molecular weight is 780 g/mol. The number of para-hydroxylation sites is 1. The van der Waals surface area contributed by atoms with Crippen LogP contribution in [0.15, 0.2) is 40.9 Å². The Morgan fingerprint density at radius 2 is 1.79 bits per heavy atom. The van der Waals surface area contributed by atoms with Crippen LogP contribution < -0.4 is 18.9 Å². The molecule has 0 radical (unpaired) electrons. The highest BCUT2D eigenvalue weighted by atomic mass is 32.2. The molecule has 2 aromatic heterocycles. The minimum atomic E-state index is -4.89. The maximum atomic E-state index is 13.2. The zero-order valence-electron chi connectivity index (χ0n) is 28.8. The minimum absolute atomic E-state index is 0.00982. The zero-order chi connectivity index (χ0) is 37.3. The van der Waals surface area contributed by atoms with Gasteiger partial charge in [-0.05, 0) is 70.7 Å². The van der Waals surface area contributed by atoms with Gasteiger partial charge in [-0.25, -0.2) is 13.1 Å². The molecule has 0 spiro atoms. The minimum Gasteiger partial charge on any atom is -0.489 e. The topological polar surface area (TPSA) is 158 Å². The number of fused-ring (bicyclic) bond motifs is 2. The number of nitrogens with zero attached hydrogens (tertiary/aromatic N) is 2. The Morgan fingerprint density at radius 1 is 1.08 bits per heavy atom. The Bertz CT molecular complexity index is 2150. The second-order valence-corrected chi connectivity index (χ2v) is 17.3. The summed E-state index contributed by atoms with van der Waals surface area (Å²) in [5.74, 6) is -0.177. The number of hydrogen-bond acceptors (Lipinski definition) is 13.